The summed E-state index contributed by atoms with van der Waals surface area (Å²) < 4.78 is 243. The highest BCUT2D eigenvalue weighted by atomic mass is 32.2. The zero-order valence-electron chi connectivity index (χ0n) is 12.5. The molecule has 0 aromatic carbocycles. The second-order valence-corrected chi connectivity index (χ2v) is 6.39. The van der Waals surface area contributed by atoms with Crippen LogP contribution >= 0.6 is 0 Å². The van der Waals surface area contributed by atoms with Crippen LogP contribution in [0, 0.1) is 0 Å². The molecule has 0 amide bonds. The maximum absolute atomic E-state index is 13.0. The van der Waals surface area contributed by atoms with Crippen LogP contribution in [0.2, 0.25) is 0 Å². The number of halogens is 17. The molecule has 22 heteroatoms. The molecule has 0 radical (unpaired) electrons. The number of ether oxygens (including phenoxy) is 1. The van der Waals surface area contributed by atoms with Crippen molar-refractivity contribution in [2.45, 2.75) is 47.3 Å². The molecule has 0 rings (SSSR count). The van der Waals surface area contributed by atoms with Gasteiger partial charge in [-0.15, -0.1) is 0 Å². The first-order chi connectivity index (χ1) is 12.5. The minimum atomic E-state index is -8.40. The second-order valence-electron chi connectivity index (χ2n) is 4.93. The molecule has 0 fully saturated rings. The van der Waals surface area contributed by atoms with Crippen molar-refractivity contribution < 1.29 is 92.3 Å². The first-order valence-corrected chi connectivity index (χ1v) is 7.28. The van der Waals surface area contributed by atoms with Gasteiger partial charge in [0.1, 0.15) is 0 Å². The Bertz CT molecular complexity index is 733. The molecule has 182 valence electrons. The normalized spacial score (nSPS) is 16.7. The van der Waals surface area contributed by atoms with E-state index in [1.54, 1.807) is 0 Å². The van der Waals surface area contributed by atoms with E-state index < -0.39 is 57.5 Å². The molecule has 30 heavy (non-hydrogen) atoms. The molecule has 0 saturated carbocycles. The third-order valence-corrected chi connectivity index (χ3v) is 3.79. The molecule has 0 atom stereocenters. The highest BCUT2D eigenvalue weighted by molar-refractivity contribution is 7.87. The Balaban J connectivity index is 6.66. The summed E-state index contributed by atoms with van der Waals surface area (Å²) in [7, 11) is -7.80. The van der Waals surface area contributed by atoms with Crippen LogP contribution in [0.25, 0.3) is 0 Å². The Morgan fingerprint density at radius 2 is 0.833 bits per heavy atom. The van der Waals surface area contributed by atoms with E-state index in [-0.39, 0.29) is 0 Å². The van der Waals surface area contributed by atoms with Gasteiger partial charge in [-0.2, -0.15) is 78.7 Å². The van der Waals surface area contributed by atoms with Crippen LogP contribution in [0.15, 0.2) is 0 Å². The zero-order valence-corrected chi connectivity index (χ0v) is 13.3. The molecule has 0 aromatic rings. The van der Waals surface area contributed by atoms with E-state index in [4.69, 9.17) is 4.55 Å². The fourth-order valence-electron chi connectivity index (χ4n) is 1.31. The lowest BCUT2D eigenvalue weighted by atomic mass is 10.0. The molecule has 0 bridgehead atoms. The lowest BCUT2D eigenvalue weighted by Gasteiger charge is -2.40. The summed E-state index contributed by atoms with van der Waals surface area (Å²) in [6.07, 6.45) is -32.5. The SMILES string of the molecule is O=S(=O)(O)C(F)(F)C(F)(F)C(F)(F)C(F)(F)OC(F)(F)C(F)(C(F)(F)F)C(F)(F)F. The van der Waals surface area contributed by atoms with E-state index in [1.807, 2.05) is 0 Å². The van der Waals surface area contributed by atoms with Crippen LogP contribution in [-0.2, 0) is 14.9 Å². The van der Waals surface area contributed by atoms with Gasteiger partial charge in [0, 0.05) is 0 Å². The Kier molecular flexibility index (Phi) is 6.54. The van der Waals surface area contributed by atoms with Crippen LogP contribution in [0.1, 0.15) is 0 Å². The van der Waals surface area contributed by atoms with Crippen molar-refractivity contribution in [3.63, 3.8) is 0 Å². The summed E-state index contributed by atoms with van der Waals surface area (Å²) in [6.45, 7) is 0. The molecule has 0 unspecified atom stereocenters. The van der Waals surface area contributed by atoms with Crippen molar-refractivity contribution in [3.8, 4) is 0 Å². The zero-order chi connectivity index (χ0) is 25.2. The second kappa shape index (κ2) is 6.84. The molecule has 0 aliphatic heterocycles. The lowest BCUT2D eigenvalue weighted by molar-refractivity contribution is -0.519. The van der Waals surface area contributed by atoms with Crippen LogP contribution in [0.3, 0.4) is 0 Å². The minimum absolute atomic E-state index is 0.981. The van der Waals surface area contributed by atoms with Gasteiger partial charge < -0.3 is 0 Å². The van der Waals surface area contributed by atoms with E-state index in [9.17, 15) is 83.1 Å². The Morgan fingerprint density at radius 3 is 1.07 bits per heavy atom. The number of hydrogen-bond donors (Lipinski definition) is 1. The van der Waals surface area contributed by atoms with Crippen LogP contribution in [0.5, 0.6) is 0 Å². The third kappa shape index (κ3) is 3.84. The Hall–Kier alpha value is -1.32. The first kappa shape index (κ1) is 28.7. The van der Waals surface area contributed by atoms with Gasteiger partial charge in [0.2, 0.25) is 0 Å². The Labute approximate surface area is 151 Å². The monoisotopic (exact) mass is 516 g/mol. The highest BCUT2D eigenvalue weighted by Crippen LogP contribution is 2.60. The molecule has 0 aliphatic carbocycles. The number of alkyl halides is 17. The quantitative estimate of drug-likeness (QED) is 0.392. The van der Waals surface area contributed by atoms with Crippen LogP contribution < -0.4 is 0 Å². The lowest BCUT2D eigenvalue weighted by Crippen LogP contribution is -2.70. The molecule has 1 N–H and O–H groups in total. The van der Waals surface area contributed by atoms with Gasteiger partial charge in [0.15, 0.2) is 0 Å². The summed E-state index contributed by atoms with van der Waals surface area (Å²) in [4.78, 5) is 0. The van der Waals surface area contributed by atoms with Gasteiger partial charge in [-0.1, -0.05) is 0 Å². The summed E-state index contributed by atoms with van der Waals surface area (Å²) in [5.41, 5.74) is -8.28. The molecule has 0 aliphatic rings. The standard InChI is InChI=1S/C8HF17O4S/c9-1(4(14,15)16,5(17,18)19)6(20,21)29-7(22,23)2(10,11)3(12,13)8(24,25)30(26,27)28/h(H,26,27,28). The maximum Gasteiger partial charge on any atom is 0.440 e. The minimum Gasteiger partial charge on any atom is -0.281 e. The molecule has 4 nitrogen and oxygen atoms in total. The van der Waals surface area contributed by atoms with E-state index >= 15 is 0 Å². The van der Waals surface area contributed by atoms with Gasteiger partial charge in [-0.3, -0.25) is 4.55 Å². The molecular formula is C8HF17O4S. The average Bonchev–Trinajstić information content (AvgIpc) is 2.40. The van der Waals surface area contributed by atoms with Crippen molar-refractivity contribution in [3.05, 3.63) is 0 Å². The first-order valence-electron chi connectivity index (χ1n) is 5.84. The third-order valence-electron chi connectivity index (χ3n) is 2.89. The largest absolute Gasteiger partial charge is 0.440 e. The molecule has 0 aromatic heterocycles. The fraction of sp³-hybridized carbons (Fsp3) is 1.00. The van der Waals surface area contributed by atoms with Crippen molar-refractivity contribution in [2.24, 2.45) is 0 Å². The van der Waals surface area contributed by atoms with Gasteiger partial charge >= 0.3 is 57.5 Å². The van der Waals surface area contributed by atoms with Crippen molar-refractivity contribution >= 4 is 10.1 Å². The van der Waals surface area contributed by atoms with E-state index in [1.165, 1.54) is 0 Å². The van der Waals surface area contributed by atoms with E-state index in [0.29, 0.717) is 0 Å². The van der Waals surface area contributed by atoms with Crippen molar-refractivity contribution in [1.82, 2.24) is 0 Å². The van der Waals surface area contributed by atoms with Crippen molar-refractivity contribution in [1.29, 1.82) is 0 Å². The van der Waals surface area contributed by atoms with Gasteiger partial charge in [-0.05, 0) is 0 Å². The smallest absolute Gasteiger partial charge is 0.281 e. The molecular weight excluding hydrogens is 515 g/mol. The van der Waals surface area contributed by atoms with Crippen LogP contribution in [0.4, 0.5) is 74.6 Å². The van der Waals surface area contributed by atoms with Crippen LogP contribution in [-0.4, -0.2) is 60.3 Å². The predicted molar refractivity (Wildman–Crippen MR) is 53.3 cm³/mol. The van der Waals surface area contributed by atoms with Gasteiger partial charge in [0.05, 0.1) is 0 Å². The Morgan fingerprint density at radius 1 is 0.533 bits per heavy atom. The van der Waals surface area contributed by atoms with Gasteiger partial charge in [-0.25, -0.2) is 9.13 Å². The fourth-order valence-corrected chi connectivity index (χ4v) is 1.77. The number of rotatable bonds is 7. The maximum atomic E-state index is 13.0. The molecule has 0 heterocycles. The summed E-state index contributed by atoms with van der Waals surface area (Å²) >= 11 is 0. The summed E-state index contributed by atoms with van der Waals surface area (Å²) in [5.74, 6) is -16.6. The number of hydrogen-bond acceptors (Lipinski definition) is 3. The average molecular weight is 516 g/mol. The molecule has 0 spiro atoms. The predicted octanol–water partition coefficient (Wildman–Crippen LogP) is 4.77. The van der Waals surface area contributed by atoms with E-state index in [0.717, 1.165) is 4.74 Å². The highest BCUT2D eigenvalue weighted by Gasteiger charge is 2.91. The summed E-state index contributed by atoms with van der Waals surface area (Å²) in [5, 5.41) is -7.70. The van der Waals surface area contributed by atoms with E-state index in [2.05, 4.69) is 0 Å². The molecule has 0 saturated heterocycles. The van der Waals surface area contributed by atoms with Gasteiger partial charge in [0.25, 0.3) is 0 Å². The van der Waals surface area contributed by atoms with Crippen molar-refractivity contribution in [2.75, 3.05) is 0 Å². The topological polar surface area (TPSA) is 63.6 Å². The summed E-state index contributed by atoms with van der Waals surface area (Å²) in [6, 6.07) is 0.